The van der Waals surface area contributed by atoms with Gasteiger partial charge in [0.2, 0.25) is 0 Å². The lowest BCUT2D eigenvalue weighted by atomic mass is 9.90. The van der Waals surface area contributed by atoms with Crippen LogP contribution in [0.3, 0.4) is 0 Å². The number of nitrogens with one attached hydrogen (secondary N) is 1. The summed E-state index contributed by atoms with van der Waals surface area (Å²) < 4.78 is 5.30. The van der Waals surface area contributed by atoms with Gasteiger partial charge in [-0.1, -0.05) is 6.07 Å². The molecule has 0 fully saturated rings. The Kier molecular flexibility index (Phi) is 3.91. The smallest absolute Gasteiger partial charge is 0.325 e. The molecule has 1 aromatic carbocycles. The van der Waals surface area contributed by atoms with Gasteiger partial charge >= 0.3 is 11.9 Å². The van der Waals surface area contributed by atoms with Gasteiger partial charge in [0.05, 0.1) is 0 Å². The molecule has 21 heavy (non-hydrogen) atoms. The van der Waals surface area contributed by atoms with Crippen molar-refractivity contribution in [3.05, 3.63) is 29.3 Å². The molecule has 1 aliphatic rings. The van der Waals surface area contributed by atoms with E-state index in [4.69, 9.17) is 4.74 Å². The largest absolute Gasteiger partial charge is 0.508 e. The molecule has 2 unspecified atom stereocenters. The van der Waals surface area contributed by atoms with Crippen molar-refractivity contribution in [2.45, 2.75) is 44.9 Å². The summed E-state index contributed by atoms with van der Waals surface area (Å²) in [6.07, 6.45) is 0.328. The Bertz CT molecular complexity index is 576. The molecule has 0 aromatic heterocycles. The van der Waals surface area contributed by atoms with Crippen LogP contribution in [-0.4, -0.2) is 33.8 Å². The molecule has 1 aliphatic heterocycles. The monoisotopic (exact) mass is 293 g/mol. The first-order valence-electron chi connectivity index (χ1n) is 6.71. The van der Waals surface area contributed by atoms with Gasteiger partial charge in [-0.05, 0) is 50.5 Å². The summed E-state index contributed by atoms with van der Waals surface area (Å²) in [4.78, 5) is 23.5. The van der Waals surface area contributed by atoms with Crippen LogP contribution in [0.5, 0.6) is 5.75 Å². The third-order valence-corrected chi connectivity index (χ3v) is 3.17. The predicted molar refractivity (Wildman–Crippen MR) is 75.0 cm³/mol. The van der Waals surface area contributed by atoms with Gasteiger partial charge in [0.15, 0.2) is 0 Å². The molecule has 2 rings (SSSR count). The van der Waals surface area contributed by atoms with Crippen molar-refractivity contribution in [2.24, 2.45) is 0 Å². The molecule has 114 valence electrons. The number of ether oxygens (including phenoxy) is 1. The summed E-state index contributed by atoms with van der Waals surface area (Å²) in [5, 5.41) is 21.6. The minimum atomic E-state index is -1.10. The zero-order valence-corrected chi connectivity index (χ0v) is 12.2. The zero-order chi connectivity index (χ0) is 15.8. The van der Waals surface area contributed by atoms with E-state index in [9.17, 15) is 19.8 Å². The summed E-state index contributed by atoms with van der Waals surface area (Å²) in [6.45, 7) is 5.27. The molecular formula is C15H19NO5. The van der Waals surface area contributed by atoms with Crippen LogP contribution in [0.4, 0.5) is 0 Å². The first kappa shape index (κ1) is 15.3. The van der Waals surface area contributed by atoms with Gasteiger partial charge < -0.3 is 14.9 Å². The molecule has 0 aliphatic carbocycles. The van der Waals surface area contributed by atoms with Crippen LogP contribution in [0.1, 0.15) is 37.9 Å². The first-order chi connectivity index (χ1) is 9.67. The van der Waals surface area contributed by atoms with Gasteiger partial charge in [-0.25, -0.2) is 0 Å². The molecule has 0 bridgehead atoms. The van der Waals surface area contributed by atoms with Crippen LogP contribution in [0.15, 0.2) is 18.2 Å². The van der Waals surface area contributed by atoms with Crippen molar-refractivity contribution < 1.29 is 24.5 Å². The van der Waals surface area contributed by atoms with Crippen LogP contribution >= 0.6 is 0 Å². The first-order valence-corrected chi connectivity index (χ1v) is 6.71. The third kappa shape index (κ3) is 3.52. The highest BCUT2D eigenvalue weighted by molar-refractivity contribution is 5.82. The average Bonchev–Trinajstić information content (AvgIpc) is 2.35. The highest BCUT2D eigenvalue weighted by atomic mass is 16.6. The number of phenols is 1. The predicted octanol–water partition coefficient (Wildman–Crippen LogP) is 1.37. The standard InChI is InChI=1S/C15H19NO5/c1-15(2,3)21-14(20)11-6-8-4-5-9(17)7-10(8)12(16-11)13(18)19/h4-5,7,11-12,16-17H,6H2,1-3H3,(H,18,19). The van der Waals surface area contributed by atoms with E-state index < -0.39 is 29.6 Å². The quantitative estimate of drug-likeness (QED) is 0.713. The maximum absolute atomic E-state index is 12.1. The molecule has 0 saturated carbocycles. The Labute approximate surface area is 122 Å². The minimum Gasteiger partial charge on any atom is -0.508 e. The minimum absolute atomic E-state index is 0.00230. The number of hydrogen-bond acceptors (Lipinski definition) is 5. The molecule has 1 aromatic rings. The summed E-state index contributed by atoms with van der Waals surface area (Å²) in [6, 6.07) is 2.77. The number of phenolic OH excluding ortho intramolecular Hbond substituents is 1. The number of carbonyl (C=O) groups is 2. The Morgan fingerprint density at radius 2 is 2.00 bits per heavy atom. The summed E-state index contributed by atoms with van der Waals surface area (Å²) >= 11 is 0. The zero-order valence-electron chi connectivity index (χ0n) is 12.2. The van der Waals surface area contributed by atoms with Crippen LogP contribution in [0, 0.1) is 0 Å². The van der Waals surface area contributed by atoms with Gasteiger partial charge in [0, 0.05) is 0 Å². The number of aliphatic carboxylic acids is 1. The lowest BCUT2D eigenvalue weighted by Crippen LogP contribution is -2.49. The topological polar surface area (TPSA) is 95.9 Å². The van der Waals surface area contributed by atoms with Gasteiger partial charge in [0.1, 0.15) is 23.4 Å². The molecule has 0 amide bonds. The van der Waals surface area contributed by atoms with Crippen molar-refractivity contribution in [1.29, 1.82) is 0 Å². The number of aromatic hydroxyl groups is 1. The van der Waals surface area contributed by atoms with Crippen molar-refractivity contribution in [1.82, 2.24) is 5.32 Å². The number of hydrogen-bond donors (Lipinski definition) is 3. The molecule has 6 heteroatoms. The Morgan fingerprint density at radius 1 is 1.33 bits per heavy atom. The fourth-order valence-corrected chi connectivity index (χ4v) is 2.34. The van der Waals surface area contributed by atoms with E-state index in [-0.39, 0.29) is 5.75 Å². The van der Waals surface area contributed by atoms with Gasteiger partial charge in [0.25, 0.3) is 0 Å². The van der Waals surface area contributed by atoms with E-state index >= 15 is 0 Å². The maximum Gasteiger partial charge on any atom is 0.325 e. The second kappa shape index (κ2) is 5.37. The summed E-state index contributed by atoms with van der Waals surface area (Å²) in [5.74, 6) is -1.58. The van der Waals surface area contributed by atoms with Crippen LogP contribution in [0.25, 0.3) is 0 Å². The van der Waals surface area contributed by atoms with E-state index in [1.807, 2.05) is 0 Å². The number of fused-ring (bicyclic) bond motifs is 1. The van der Waals surface area contributed by atoms with Crippen molar-refractivity contribution in [3.8, 4) is 5.75 Å². The fourth-order valence-electron chi connectivity index (χ4n) is 2.34. The number of carbonyl (C=O) groups excluding carboxylic acids is 1. The van der Waals surface area contributed by atoms with Crippen molar-refractivity contribution >= 4 is 11.9 Å². The molecule has 6 nitrogen and oxygen atoms in total. The highest BCUT2D eigenvalue weighted by Crippen LogP contribution is 2.29. The molecule has 1 heterocycles. The fraction of sp³-hybridized carbons (Fsp3) is 0.467. The number of benzene rings is 1. The molecule has 0 radical (unpaired) electrons. The number of rotatable bonds is 2. The van der Waals surface area contributed by atoms with Crippen LogP contribution in [0.2, 0.25) is 0 Å². The molecule has 2 atom stereocenters. The average molecular weight is 293 g/mol. The van der Waals surface area contributed by atoms with E-state index in [1.165, 1.54) is 12.1 Å². The summed E-state index contributed by atoms with van der Waals surface area (Å²) in [5.41, 5.74) is 0.560. The molecular weight excluding hydrogens is 274 g/mol. The second-order valence-electron chi connectivity index (χ2n) is 6.11. The van der Waals surface area contributed by atoms with E-state index in [2.05, 4.69) is 5.32 Å². The van der Waals surface area contributed by atoms with Crippen LogP contribution in [-0.2, 0) is 20.7 Å². The Morgan fingerprint density at radius 3 is 2.57 bits per heavy atom. The van der Waals surface area contributed by atoms with E-state index in [0.29, 0.717) is 12.0 Å². The normalized spacial score (nSPS) is 21.5. The van der Waals surface area contributed by atoms with E-state index in [0.717, 1.165) is 5.56 Å². The lowest BCUT2D eigenvalue weighted by molar-refractivity contribution is -0.158. The number of carboxylic acids is 1. The third-order valence-electron chi connectivity index (χ3n) is 3.17. The van der Waals surface area contributed by atoms with Gasteiger partial charge in [-0.2, -0.15) is 0 Å². The van der Waals surface area contributed by atoms with Crippen LogP contribution < -0.4 is 5.32 Å². The molecule has 3 N–H and O–H groups in total. The number of carboxylic acid groups (broad SMARTS) is 1. The van der Waals surface area contributed by atoms with Crippen molar-refractivity contribution in [3.63, 3.8) is 0 Å². The van der Waals surface area contributed by atoms with E-state index in [1.54, 1.807) is 26.8 Å². The second-order valence-corrected chi connectivity index (χ2v) is 6.11. The maximum atomic E-state index is 12.1. The summed E-state index contributed by atoms with van der Waals surface area (Å²) in [7, 11) is 0. The van der Waals surface area contributed by atoms with Crippen molar-refractivity contribution in [2.75, 3.05) is 0 Å². The molecule has 0 spiro atoms. The van der Waals surface area contributed by atoms with Gasteiger partial charge in [-0.15, -0.1) is 0 Å². The Hall–Kier alpha value is -2.08. The number of esters is 1. The SMILES string of the molecule is CC(C)(C)OC(=O)C1Cc2ccc(O)cc2C(C(=O)O)N1. The lowest BCUT2D eigenvalue weighted by Gasteiger charge is -2.31. The highest BCUT2D eigenvalue weighted by Gasteiger charge is 2.36. The Balaban J connectivity index is 2.29. The van der Waals surface area contributed by atoms with Gasteiger partial charge in [-0.3, -0.25) is 14.9 Å². The molecule has 0 saturated heterocycles.